The standard InChI is InChI=1S/C24H29ClN4O3/c1-16(25)23(30)27-18-9-10-20(19(15-18)24(31)26-17-7-8-17)28-11-13-29(14-12-28)21-5-3-4-6-22(21)32-2/h3-6,9-10,15-17H,7-8,11-14H2,1-2H3,(H,26,31)(H,27,30). The maximum Gasteiger partial charge on any atom is 0.253 e. The predicted octanol–water partition coefficient (Wildman–Crippen LogP) is 3.48. The van der Waals surface area contributed by atoms with Crippen LogP contribution in [0, 0.1) is 0 Å². The molecular weight excluding hydrogens is 428 g/mol. The first-order valence-electron chi connectivity index (χ1n) is 11.0. The van der Waals surface area contributed by atoms with Gasteiger partial charge in [0.2, 0.25) is 5.91 Å². The number of hydrogen-bond acceptors (Lipinski definition) is 5. The van der Waals surface area contributed by atoms with Crippen LogP contribution in [-0.2, 0) is 4.79 Å². The number of nitrogens with zero attached hydrogens (tertiary/aromatic N) is 2. The summed E-state index contributed by atoms with van der Waals surface area (Å²) in [5, 5.41) is 5.21. The van der Waals surface area contributed by atoms with Gasteiger partial charge in [-0.2, -0.15) is 0 Å². The van der Waals surface area contributed by atoms with Gasteiger partial charge in [-0.3, -0.25) is 9.59 Å². The number of hydrogen-bond donors (Lipinski definition) is 2. The van der Waals surface area contributed by atoms with Crippen LogP contribution >= 0.6 is 11.6 Å². The molecule has 2 aliphatic rings. The molecule has 8 heteroatoms. The molecule has 0 bridgehead atoms. The van der Waals surface area contributed by atoms with Crippen molar-refractivity contribution in [3.8, 4) is 5.75 Å². The number of methoxy groups -OCH3 is 1. The molecule has 0 spiro atoms. The molecule has 170 valence electrons. The fourth-order valence-corrected chi connectivity index (χ4v) is 3.94. The Kier molecular flexibility index (Phi) is 6.74. The van der Waals surface area contributed by atoms with Gasteiger partial charge in [0.15, 0.2) is 0 Å². The lowest BCUT2D eigenvalue weighted by molar-refractivity contribution is -0.115. The molecule has 1 saturated carbocycles. The Hall–Kier alpha value is -2.93. The van der Waals surface area contributed by atoms with E-state index in [4.69, 9.17) is 16.3 Å². The number of alkyl halides is 1. The topological polar surface area (TPSA) is 73.9 Å². The second-order valence-corrected chi connectivity index (χ2v) is 8.89. The van der Waals surface area contributed by atoms with E-state index in [1.54, 1.807) is 20.1 Å². The molecule has 1 aliphatic heterocycles. The van der Waals surface area contributed by atoms with Crippen molar-refractivity contribution in [2.75, 3.05) is 48.4 Å². The Morgan fingerprint density at radius 3 is 2.31 bits per heavy atom. The first-order valence-corrected chi connectivity index (χ1v) is 11.4. The fourth-order valence-electron chi connectivity index (χ4n) is 3.88. The second kappa shape index (κ2) is 9.69. The summed E-state index contributed by atoms with van der Waals surface area (Å²) in [5.41, 5.74) is 3.09. The molecule has 32 heavy (non-hydrogen) atoms. The molecule has 4 rings (SSSR count). The van der Waals surface area contributed by atoms with Crippen molar-refractivity contribution < 1.29 is 14.3 Å². The molecule has 2 fully saturated rings. The van der Waals surface area contributed by atoms with E-state index in [1.807, 2.05) is 30.3 Å². The number of carbonyl (C=O) groups excluding carboxylic acids is 2. The van der Waals surface area contributed by atoms with E-state index in [0.717, 1.165) is 56.1 Å². The van der Waals surface area contributed by atoms with E-state index >= 15 is 0 Å². The second-order valence-electron chi connectivity index (χ2n) is 8.23. The summed E-state index contributed by atoms with van der Waals surface area (Å²) in [5.74, 6) is 0.460. The number of ether oxygens (including phenoxy) is 1. The summed E-state index contributed by atoms with van der Waals surface area (Å²) in [6.45, 7) is 4.78. The third-order valence-electron chi connectivity index (χ3n) is 5.83. The fraction of sp³-hybridized carbons (Fsp3) is 0.417. The van der Waals surface area contributed by atoms with Crippen molar-refractivity contribution >= 4 is 40.5 Å². The van der Waals surface area contributed by atoms with Gasteiger partial charge >= 0.3 is 0 Å². The van der Waals surface area contributed by atoms with E-state index < -0.39 is 5.38 Å². The van der Waals surface area contributed by atoms with Gasteiger partial charge in [-0.05, 0) is 50.1 Å². The van der Waals surface area contributed by atoms with Crippen LogP contribution in [0.15, 0.2) is 42.5 Å². The molecule has 2 aromatic rings. The van der Waals surface area contributed by atoms with E-state index in [1.165, 1.54) is 0 Å². The number of para-hydroxylation sites is 2. The SMILES string of the molecule is COc1ccccc1N1CCN(c2ccc(NC(=O)C(C)Cl)cc2C(=O)NC2CC2)CC1. The Labute approximate surface area is 193 Å². The van der Waals surface area contributed by atoms with Crippen molar-refractivity contribution in [3.05, 3.63) is 48.0 Å². The Balaban J connectivity index is 1.53. The first kappa shape index (κ1) is 22.3. The van der Waals surface area contributed by atoms with Crippen LogP contribution in [-0.4, -0.2) is 56.5 Å². The first-order chi connectivity index (χ1) is 15.5. The highest BCUT2D eigenvalue weighted by atomic mass is 35.5. The van der Waals surface area contributed by atoms with Crippen molar-refractivity contribution in [2.24, 2.45) is 0 Å². The summed E-state index contributed by atoms with van der Waals surface area (Å²) in [4.78, 5) is 29.5. The van der Waals surface area contributed by atoms with Gasteiger partial charge in [-0.25, -0.2) is 0 Å². The van der Waals surface area contributed by atoms with Gasteiger partial charge in [0.1, 0.15) is 11.1 Å². The minimum Gasteiger partial charge on any atom is -0.495 e. The number of rotatable bonds is 7. The lowest BCUT2D eigenvalue weighted by Gasteiger charge is -2.38. The summed E-state index contributed by atoms with van der Waals surface area (Å²) < 4.78 is 5.51. The molecule has 1 heterocycles. The molecule has 1 saturated heterocycles. The molecule has 0 radical (unpaired) electrons. The zero-order chi connectivity index (χ0) is 22.7. The highest BCUT2D eigenvalue weighted by Crippen LogP contribution is 2.31. The van der Waals surface area contributed by atoms with Crippen LogP contribution < -0.4 is 25.2 Å². The van der Waals surface area contributed by atoms with Gasteiger partial charge in [0, 0.05) is 43.6 Å². The molecule has 0 aromatic heterocycles. The van der Waals surface area contributed by atoms with E-state index in [-0.39, 0.29) is 17.9 Å². The minimum absolute atomic E-state index is 0.107. The lowest BCUT2D eigenvalue weighted by Crippen LogP contribution is -2.47. The van der Waals surface area contributed by atoms with Crippen LogP contribution in [0.5, 0.6) is 5.75 Å². The predicted molar refractivity (Wildman–Crippen MR) is 128 cm³/mol. The molecule has 2 N–H and O–H groups in total. The van der Waals surface area contributed by atoms with Crippen LogP contribution in [0.1, 0.15) is 30.1 Å². The molecule has 1 aliphatic carbocycles. The zero-order valence-electron chi connectivity index (χ0n) is 18.4. The third kappa shape index (κ3) is 5.10. The maximum atomic E-state index is 13.0. The summed E-state index contributed by atoms with van der Waals surface area (Å²) >= 11 is 5.88. The average Bonchev–Trinajstić information content (AvgIpc) is 3.63. The Morgan fingerprint density at radius 2 is 1.69 bits per heavy atom. The van der Waals surface area contributed by atoms with Crippen LogP contribution in [0.2, 0.25) is 0 Å². The van der Waals surface area contributed by atoms with Crippen molar-refractivity contribution in [2.45, 2.75) is 31.2 Å². The molecule has 2 aromatic carbocycles. The zero-order valence-corrected chi connectivity index (χ0v) is 19.2. The molecule has 2 amide bonds. The van der Waals surface area contributed by atoms with Crippen molar-refractivity contribution in [1.82, 2.24) is 5.32 Å². The normalized spacial score (nSPS) is 17.0. The molecule has 7 nitrogen and oxygen atoms in total. The van der Waals surface area contributed by atoms with E-state index in [0.29, 0.717) is 11.3 Å². The summed E-state index contributed by atoms with van der Waals surface area (Å²) in [7, 11) is 1.69. The van der Waals surface area contributed by atoms with Crippen molar-refractivity contribution in [1.29, 1.82) is 0 Å². The molecule has 1 atom stereocenters. The number of anilines is 3. The quantitative estimate of drug-likeness (QED) is 0.624. The monoisotopic (exact) mass is 456 g/mol. The highest BCUT2D eigenvalue weighted by molar-refractivity contribution is 6.32. The number of carbonyl (C=O) groups is 2. The minimum atomic E-state index is -0.651. The van der Waals surface area contributed by atoms with Gasteiger partial charge in [0.05, 0.1) is 18.4 Å². The summed E-state index contributed by atoms with van der Waals surface area (Å²) in [6, 6.07) is 13.8. The van der Waals surface area contributed by atoms with Crippen LogP contribution in [0.3, 0.4) is 0 Å². The smallest absolute Gasteiger partial charge is 0.253 e. The van der Waals surface area contributed by atoms with E-state index in [2.05, 4.69) is 26.5 Å². The van der Waals surface area contributed by atoms with Crippen LogP contribution in [0.4, 0.5) is 17.1 Å². The van der Waals surface area contributed by atoms with Crippen LogP contribution in [0.25, 0.3) is 0 Å². The Morgan fingerprint density at radius 1 is 1.03 bits per heavy atom. The maximum absolute atomic E-state index is 13.0. The van der Waals surface area contributed by atoms with Crippen molar-refractivity contribution in [3.63, 3.8) is 0 Å². The number of piperazine rings is 1. The van der Waals surface area contributed by atoms with Gasteiger partial charge < -0.3 is 25.2 Å². The largest absolute Gasteiger partial charge is 0.495 e. The van der Waals surface area contributed by atoms with Gasteiger partial charge in [-0.1, -0.05) is 12.1 Å². The number of halogens is 1. The number of benzene rings is 2. The number of nitrogens with one attached hydrogen (secondary N) is 2. The Bertz CT molecular complexity index is 985. The third-order valence-corrected chi connectivity index (χ3v) is 6.03. The highest BCUT2D eigenvalue weighted by Gasteiger charge is 2.28. The molecule has 1 unspecified atom stereocenters. The van der Waals surface area contributed by atoms with Gasteiger partial charge in [0.25, 0.3) is 5.91 Å². The number of amides is 2. The lowest BCUT2D eigenvalue weighted by atomic mass is 10.1. The van der Waals surface area contributed by atoms with E-state index in [9.17, 15) is 9.59 Å². The summed E-state index contributed by atoms with van der Waals surface area (Å²) in [6.07, 6.45) is 2.03. The van der Waals surface area contributed by atoms with Gasteiger partial charge in [-0.15, -0.1) is 11.6 Å². The molecular formula is C24H29ClN4O3. The average molecular weight is 457 g/mol.